The first-order valence-corrected chi connectivity index (χ1v) is 9.52. The zero-order valence-corrected chi connectivity index (χ0v) is 16.5. The lowest BCUT2D eigenvalue weighted by Gasteiger charge is -2.26. The molecule has 0 amide bonds. The molecule has 0 fully saturated rings. The van der Waals surface area contributed by atoms with Gasteiger partial charge in [-0.2, -0.15) is 0 Å². The summed E-state index contributed by atoms with van der Waals surface area (Å²) in [7, 11) is 0. The van der Waals surface area contributed by atoms with Crippen molar-refractivity contribution in [3.05, 3.63) is 101 Å². The average molecular weight is 402 g/mol. The van der Waals surface area contributed by atoms with E-state index in [9.17, 15) is 0 Å². The van der Waals surface area contributed by atoms with Crippen LogP contribution in [0.5, 0.6) is 0 Å². The summed E-state index contributed by atoms with van der Waals surface area (Å²) in [5.74, 6) is 0. The van der Waals surface area contributed by atoms with Crippen molar-refractivity contribution >= 4 is 43.8 Å². The zero-order valence-electron chi connectivity index (χ0n) is 14.9. The molecule has 128 valence electrons. The lowest BCUT2D eigenvalue weighted by molar-refractivity contribution is 1.26. The van der Waals surface area contributed by atoms with Crippen molar-refractivity contribution in [1.82, 2.24) is 0 Å². The van der Waals surface area contributed by atoms with E-state index >= 15 is 0 Å². The number of hydrogen-bond donors (Lipinski definition) is 0. The minimum Gasteiger partial charge on any atom is -0.310 e. The van der Waals surface area contributed by atoms with Crippen LogP contribution in [0.1, 0.15) is 11.1 Å². The van der Waals surface area contributed by atoms with Gasteiger partial charge in [0.1, 0.15) is 0 Å². The molecule has 4 rings (SSSR count). The molecule has 0 aliphatic heterocycles. The highest BCUT2D eigenvalue weighted by molar-refractivity contribution is 9.10. The van der Waals surface area contributed by atoms with E-state index in [1.807, 2.05) is 0 Å². The van der Waals surface area contributed by atoms with Crippen LogP contribution in [-0.2, 0) is 0 Å². The number of halogens is 1. The molecule has 0 spiro atoms. The minimum absolute atomic E-state index is 1.10. The van der Waals surface area contributed by atoms with Crippen molar-refractivity contribution in [3.8, 4) is 0 Å². The SMILES string of the molecule is Cc1cccc(N(c2cccc(C)c2)c2ccc3cc(Br)ccc3c2)c1. The standard InChI is InChI=1S/C24H20BrN/c1-17-5-3-7-22(13-17)26(23-8-4-6-18(2)14-23)24-12-10-19-15-21(25)11-9-20(19)16-24/h3-16H,1-2H3. The number of benzene rings is 4. The van der Waals surface area contributed by atoms with Gasteiger partial charge in [-0.25, -0.2) is 0 Å². The molecule has 0 N–H and O–H groups in total. The maximum atomic E-state index is 3.56. The molecule has 0 aliphatic carbocycles. The molecule has 0 unspecified atom stereocenters. The third-order valence-corrected chi connectivity index (χ3v) is 5.06. The molecule has 1 nitrogen and oxygen atoms in total. The van der Waals surface area contributed by atoms with Gasteiger partial charge in [0.15, 0.2) is 0 Å². The fourth-order valence-corrected chi connectivity index (χ4v) is 3.70. The summed E-state index contributed by atoms with van der Waals surface area (Å²) >= 11 is 3.56. The topological polar surface area (TPSA) is 3.24 Å². The first kappa shape index (κ1) is 16.9. The Morgan fingerprint density at radius 3 is 1.73 bits per heavy atom. The quantitative estimate of drug-likeness (QED) is 0.340. The van der Waals surface area contributed by atoms with Gasteiger partial charge in [-0.05, 0) is 84.3 Å². The van der Waals surface area contributed by atoms with Gasteiger partial charge in [0, 0.05) is 21.5 Å². The third kappa shape index (κ3) is 3.38. The molecule has 0 saturated heterocycles. The Bertz CT molecular complexity index is 1040. The molecule has 4 aromatic carbocycles. The van der Waals surface area contributed by atoms with Crippen molar-refractivity contribution in [3.63, 3.8) is 0 Å². The number of fused-ring (bicyclic) bond motifs is 1. The second kappa shape index (κ2) is 6.97. The van der Waals surface area contributed by atoms with E-state index in [1.165, 1.54) is 33.3 Å². The monoisotopic (exact) mass is 401 g/mol. The Morgan fingerprint density at radius 1 is 0.577 bits per heavy atom. The molecular weight excluding hydrogens is 382 g/mol. The normalized spacial score (nSPS) is 10.9. The Balaban J connectivity index is 1.91. The van der Waals surface area contributed by atoms with Gasteiger partial charge in [-0.1, -0.05) is 52.3 Å². The lowest BCUT2D eigenvalue weighted by Crippen LogP contribution is -2.10. The number of anilines is 3. The fraction of sp³-hybridized carbons (Fsp3) is 0.0833. The van der Waals surface area contributed by atoms with Gasteiger partial charge in [-0.15, -0.1) is 0 Å². The first-order valence-electron chi connectivity index (χ1n) is 8.73. The molecule has 0 aliphatic rings. The smallest absolute Gasteiger partial charge is 0.0468 e. The van der Waals surface area contributed by atoms with E-state index in [-0.39, 0.29) is 0 Å². The highest BCUT2D eigenvalue weighted by atomic mass is 79.9. The van der Waals surface area contributed by atoms with Gasteiger partial charge in [0.05, 0.1) is 0 Å². The van der Waals surface area contributed by atoms with Crippen molar-refractivity contribution in [1.29, 1.82) is 0 Å². The Labute approximate surface area is 163 Å². The Morgan fingerprint density at radius 2 is 1.12 bits per heavy atom. The van der Waals surface area contributed by atoms with E-state index in [4.69, 9.17) is 0 Å². The molecule has 26 heavy (non-hydrogen) atoms. The number of aryl methyl sites for hydroxylation is 2. The first-order chi connectivity index (χ1) is 12.6. The van der Waals surface area contributed by atoms with Crippen LogP contribution < -0.4 is 4.90 Å². The van der Waals surface area contributed by atoms with Crippen molar-refractivity contribution < 1.29 is 0 Å². The summed E-state index contributed by atoms with van der Waals surface area (Å²) in [6.07, 6.45) is 0. The van der Waals surface area contributed by atoms with E-state index in [2.05, 4.69) is 120 Å². The van der Waals surface area contributed by atoms with Crippen molar-refractivity contribution in [2.45, 2.75) is 13.8 Å². The maximum absolute atomic E-state index is 3.56. The van der Waals surface area contributed by atoms with Crippen LogP contribution in [0.15, 0.2) is 89.4 Å². The van der Waals surface area contributed by atoms with Gasteiger partial charge < -0.3 is 4.90 Å². The molecule has 0 bridgehead atoms. The lowest BCUT2D eigenvalue weighted by atomic mass is 10.1. The van der Waals surface area contributed by atoms with E-state index < -0.39 is 0 Å². The van der Waals surface area contributed by atoms with Gasteiger partial charge >= 0.3 is 0 Å². The summed E-state index contributed by atoms with van der Waals surface area (Å²) in [5.41, 5.74) is 6.02. The second-order valence-electron chi connectivity index (χ2n) is 6.69. The van der Waals surface area contributed by atoms with Crippen molar-refractivity contribution in [2.24, 2.45) is 0 Å². The van der Waals surface area contributed by atoms with Gasteiger partial charge in [0.25, 0.3) is 0 Å². The second-order valence-corrected chi connectivity index (χ2v) is 7.60. The molecule has 0 saturated carbocycles. The van der Waals surface area contributed by atoms with Crippen molar-refractivity contribution in [2.75, 3.05) is 4.90 Å². The Kier molecular flexibility index (Phi) is 4.52. The molecule has 0 heterocycles. The van der Waals surface area contributed by atoms with Gasteiger partial charge in [-0.3, -0.25) is 0 Å². The van der Waals surface area contributed by atoms with Crippen LogP contribution in [0.4, 0.5) is 17.1 Å². The van der Waals surface area contributed by atoms with E-state index in [0.717, 1.165) is 10.2 Å². The largest absolute Gasteiger partial charge is 0.310 e. The molecular formula is C24H20BrN. The fourth-order valence-electron chi connectivity index (χ4n) is 3.32. The molecule has 0 aromatic heterocycles. The summed E-state index contributed by atoms with van der Waals surface area (Å²) in [6, 6.07) is 30.3. The third-order valence-electron chi connectivity index (χ3n) is 4.56. The summed E-state index contributed by atoms with van der Waals surface area (Å²) < 4.78 is 1.10. The molecule has 0 atom stereocenters. The van der Waals surface area contributed by atoms with Crippen LogP contribution in [0.25, 0.3) is 10.8 Å². The minimum atomic E-state index is 1.10. The molecule has 4 aromatic rings. The molecule has 2 heteroatoms. The average Bonchev–Trinajstić information content (AvgIpc) is 2.62. The van der Waals surface area contributed by atoms with Crippen LogP contribution >= 0.6 is 15.9 Å². The van der Waals surface area contributed by atoms with Crippen LogP contribution in [-0.4, -0.2) is 0 Å². The van der Waals surface area contributed by atoms with Crippen LogP contribution in [0.2, 0.25) is 0 Å². The number of hydrogen-bond acceptors (Lipinski definition) is 1. The van der Waals surface area contributed by atoms with Gasteiger partial charge in [0.2, 0.25) is 0 Å². The highest BCUT2D eigenvalue weighted by Crippen LogP contribution is 2.36. The maximum Gasteiger partial charge on any atom is 0.0468 e. The van der Waals surface area contributed by atoms with Crippen LogP contribution in [0.3, 0.4) is 0 Å². The summed E-state index contributed by atoms with van der Waals surface area (Å²) in [6.45, 7) is 4.27. The number of nitrogens with zero attached hydrogens (tertiary/aromatic N) is 1. The Hall–Kier alpha value is -2.58. The summed E-state index contributed by atoms with van der Waals surface area (Å²) in [5, 5.41) is 2.47. The zero-order chi connectivity index (χ0) is 18.1. The van der Waals surface area contributed by atoms with E-state index in [1.54, 1.807) is 0 Å². The predicted molar refractivity (Wildman–Crippen MR) is 116 cm³/mol. The van der Waals surface area contributed by atoms with E-state index in [0.29, 0.717) is 0 Å². The number of rotatable bonds is 3. The highest BCUT2D eigenvalue weighted by Gasteiger charge is 2.13. The molecule has 0 radical (unpaired) electrons. The summed E-state index contributed by atoms with van der Waals surface area (Å²) in [4.78, 5) is 2.32. The van der Waals surface area contributed by atoms with Crippen LogP contribution in [0, 0.1) is 13.8 Å². The predicted octanol–water partition coefficient (Wildman–Crippen LogP) is 7.69.